The van der Waals surface area contributed by atoms with Crippen LogP contribution in [0.15, 0.2) is 65.7 Å². The SMILES string of the molecule is COc1ccc2c(c1)C(N1CCN(C(=O)Nc3cccc(C(F)(F)F)c3)C(C)C1)=Nc1cc(C(F)(F)F)ccc1O2. The Labute approximate surface area is 231 Å². The second kappa shape index (κ2) is 10.5. The molecule has 0 bridgehead atoms. The van der Waals surface area contributed by atoms with Crippen molar-refractivity contribution in [1.82, 2.24) is 9.80 Å². The number of benzene rings is 3. The van der Waals surface area contributed by atoms with Gasteiger partial charge in [0, 0.05) is 31.4 Å². The summed E-state index contributed by atoms with van der Waals surface area (Å²) in [5.41, 5.74) is -1.28. The molecule has 41 heavy (non-hydrogen) atoms. The number of methoxy groups -OCH3 is 1. The van der Waals surface area contributed by atoms with E-state index in [1.807, 2.05) is 4.90 Å². The lowest BCUT2D eigenvalue weighted by Crippen LogP contribution is -2.56. The molecule has 7 nitrogen and oxygen atoms in total. The summed E-state index contributed by atoms with van der Waals surface area (Å²) in [7, 11) is 1.48. The molecule has 1 atom stereocenters. The molecule has 1 N–H and O–H groups in total. The highest BCUT2D eigenvalue weighted by Gasteiger charge is 2.35. The van der Waals surface area contributed by atoms with Gasteiger partial charge in [-0.05, 0) is 61.5 Å². The summed E-state index contributed by atoms with van der Waals surface area (Å²) in [4.78, 5) is 20.9. The van der Waals surface area contributed by atoms with E-state index in [1.165, 1.54) is 30.2 Å². The Morgan fingerprint density at radius 3 is 2.34 bits per heavy atom. The maximum absolute atomic E-state index is 13.5. The van der Waals surface area contributed by atoms with Crippen molar-refractivity contribution in [1.29, 1.82) is 0 Å². The number of amides is 2. The number of carbonyl (C=O) groups is 1. The van der Waals surface area contributed by atoms with Crippen LogP contribution in [0.5, 0.6) is 17.2 Å². The van der Waals surface area contributed by atoms with Gasteiger partial charge in [0.15, 0.2) is 5.75 Å². The van der Waals surface area contributed by atoms with E-state index in [4.69, 9.17) is 9.47 Å². The minimum Gasteiger partial charge on any atom is -0.497 e. The number of piperazine rings is 1. The Kier molecular flexibility index (Phi) is 7.22. The molecular formula is C28H24F6N4O3. The lowest BCUT2D eigenvalue weighted by molar-refractivity contribution is -0.138. The number of alkyl halides is 6. The molecule has 216 valence electrons. The molecule has 1 fully saturated rings. The van der Waals surface area contributed by atoms with E-state index >= 15 is 0 Å². The van der Waals surface area contributed by atoms with Crippen LogP contribution in [0.1, 0.15) is 23.6 Å². The van der Waals surface area contributed by atoms with Gasteiger partial charge in [0.2, 0.25) is 0 Å². The van der Waals surface area contributed by atoms with Gasteiger partial charge in [0.25, 0.3) is 0 Å². The quantitative estimate of drug-likeness (QED) is 0.328. The zero-order valence-corrected chi connectivity index (χ0v) is 21.8. The van der Waals surface area contributed by atoms with E-state index in [-0.39, 0.29) is 36.8 Å². The second-order valence-corrected chi connectivity index (χ2v) is 9.58. The monoisotopic (exact) mass is 578 g/mol. The smallest absolute Gasteiger partial charge is 0.416 e. The zero-order chi connectivity index (χ0) is 29.5. The molecule has 3 aromatic rings. The molecule has 2 aliphatic rings. The third-order valence-corrected chi connectivity index (χ3v) is 6.79. The summed E-state index contributed by atoms with van der Waals surface area (Å²) in [5.74, 6) is 1.32. The Morgan fingerprint density at radius 1 is 0.951 bits per heavy atom. The average molecular weight is 579 g/mol. The van der Waals surface area contributed by atoms with E-state index in [0.717, 1.165) is 24.3 Å². The van der Waals surface area contributed by atoms with Crippen LogP contribution in [0.3, 0.4) is 0 Å². The number of nitrogens with zero attached hydrogens (tertiary/aromatic N) is 3. The van der Waals surface area contributed by atoms with E-state index in [0.29, 0.717) is 22.9 Å². The number of halogens is 6. The van der Waals surface area contributed by atoms with Crippen molar-refractivity contribution in [2.45, 2.75) is 25.3 Å². The van der Waals surface area contributed by atoms with Crippen LogP contribution in [0.25, 0.3) is 0 Å². The van der Waals surface area contributed by atoms with Gasteiger partial charge < -0.3 is 24.6 Å². The number of rotatable bonds is 2. The lowest BCUT2D eigenvalue weighted by atomic mass is 10.1. The highest BCUT2D eigenvalue weighted by molar-refractivity contribution is 6.04. The van der Waals surface area contributed by atoms with Crippen LogP contribution in [0, 0.1) is 0 Å². The van der Waals surface area contributed by atoms with Crippen molar-refractivity contribution < 1.29 is 40.6 Å². The molecule has 2 aliphatic heterocycles. The summed E-state index contributed by atoms with van der Waals surface area (Å²) < 4.78 is 90.9. The Hall–Kier alpha value is -4.42. The Balaban J connectivity index is 1.42. The zero-order valence-electron chi connectivity index (χ0n) is 21.8. The van der Waals surface area contributed by atoms with Crippen LogP contribution in [0.4, 0.5) is 42.5 Å². The number of anilines is 1. The summed E-state index contributed by atoms with van der Waals surface area (Å²) in [6.07, 6.45) is -9.14. The minimum atomic E-state index is -4.58. The van der Waals surface area contributed by atoms with Gasteiger partial charge in [0.1, 0.15) is 23.0 Å². The number of hydrogen-bond donors (Lipinski definition) is 1. The lowest BCUT2D eigenvalue weighted by Gasteiger charge is -2.41. The number of aliphatic imine (C=N–C) groups is 1. The van der Waals surface area contributed by atoms with E-state index < -0.39 is 35.6 Å². The van der Waals surface area contributed by atoms with Crippen molar-refractivity contribution >= 4 is 23.2 Å². The first kappa shape index (κ1) is 28.1. The molecule has 0 aromatic heterocycles. The first-order valence-electron chi connectivity index (χ1n) is 12.5. The Bertz CT molecular complexity index is 1500. The normalized spacial score (nSPS) is 17.1. The molecule has 5 rings (SSSR count). The van der Waals surface area contributed by atoms with Gasteiger partial charge in [-0.3, -0.25) is 0 Å². The number of nitrogens with one attached hydrogen (secondary N) is 1. The molecule has 0 aliphatic carbocycles. The fraction of sp³-hybridized carbons (Fsp3) is 0.286. The molecule has 3 aromatic carbocycles. The number of amidine groups is 1. The molecule has 1 saturated heterocycles. The van der Waals surface area contributed by atoms with Crippen molar-refractivity contribution in [2.24, 2.45) is 4.99 Å². The molecule has 13 heteroatoms. The fourth-order valence-electron chi connectivity index (χ4n) is 4.72. The second-order valence-electron chi connectivity index (χ2n) is 9.58. The van der Waals surface area contributed by atoms with E-state index in [2.05, 4.69) is 10.3 Å². The Morgan fingerprint density at radius 2 is 1.66 bits per heavy atom. The van der Waals surface area contributed by atoms with Gasteiger partial charge in [-0.1, -0.05) is 6.07 Å². The molecular weight excluding hydrogens is 554 g/mol. The molecule has 2 amide bonds. The first-order chi connectivity index (χ1) is 19.3. The van der Waals surface area contributed by atoms with Crippen molar-refractivity contribution in [3.8, 4) is 17.2 Å². The molecule has 0 saturated carbocycles. The summed E-state index contributed by atoms with van der Waals surface area (Å²) in [6, 6.07) is 11.4. The third kappa shape index (κ3) is 5.88. The van der Waals surface area contributed by atoms with E-state index in [1.54, 1.807) is 25.1 Å². The summed E-state index contributed by atoms with van der Waals surface area (Å²) in [6.45, 7) is 2.40. The van der Waals surface area contributed by atoms with Crippen molar-refractivity contribution in [3.05, 3.63) is 77.4 Å². The predicted octanol–water partition coefficient (Wildman–Crippen LogP) is 7.16. The van der Waals surface area contributed by atoms with Gasteiger partial charge in [0.05, 0.1) is 23.8 Å². The predicted molar refractivity (Wildman–Crippen MR) is 139 cm³/mol. The number of ether oxygens (including phenoxy) is 2. The molecule has 0 radical (unpaired) electrons. The largest absolute Gasteiger partial charge is 0.497 e. The summed E-state index contributed by atoms with van der Waals surface area (Å²) >= 11 is 0. The first-order valence-corrected chi connectivity index (χ1v) is 12.5. The van der Waals surface area contributed by atoms with Gasteiger partial charge in [-0.15, -0.1) is 0 Å². The number of carbonyl (C=O) groups excluding carboxylic acids is 1. The van der Waals surface area contributed by atoms with Crippen LogP contribution < -0.4 is 14.8 Å². The number of fused-ring (bicyclic) bond motifs is 2. The number of urea groups is 1. The van der Waals surface area contributed by atoms with Gasteiger partial charge >= 0.3 is 18.4 Å². The van der Waals surface area contributed by atoms with Crippen LogP contribution >= 0.6 is 0 Å². The molecule has 1 unspecified atom stereocenters. The molecule has 0 spiro atoms. The minimum absolute atomic E-state index is 0.00263. The average Bonchev–Trinajstić information content (AvgIpc) is 3.08. The fourth-order valence-corrected chi connectivity index (χ4v) is 4.72. The third-order valence-electron chi connectivity index (χ3n) is 6.79. The van der Waals surface area contributed by atoms with Crippen LogP contribution in [-0.4, -0.2) is 54.5 Å². The van der Waals surface area contributed by atoms with Crippen LogP contribution in [-0.2, 0) is 12.4 Å². The van der Waals surface area contributed by atoms with Gasteiger partial charge in [-0.25, -0.2) is 9.79 Å². The van der Waals surface area contributed by atoms with Crippen molar-refractivity contribution in [2.75, 3.05) is 32.1 Å². The maximum Gasteiger partial charge on any atom is 0.416 e. The highest BCUT2D eigenvalue weighted by atomic mass is 19.4. The number of hydrogen-bond acceptors (Lipinski definition) is 5. The topological polar surface area (TPSA) is 66.4 Å². The maximum atomic E-state index is 13.5. The standard InChI is InChI=1S/C28H24F6N4O3/c1-16-15-37(10-11-38(16)26(39)35-19-5-3-4-17(12-19)27(29,30)31)25-21-14-20(40-2)7-9-23(21)41-24-8-6-18(28(32,33)34)13-22(24)36-25/h3-9,12-14,16H,10-11,15H2,1-2H3,(H,35,39). The van der Waals surface area contributed by atoms with E-state index in [9.17, 15) is 31.1 Å². The molecule has 2 heterocycles. The van der Waals surface area contributed by atoms with Crippen molar-refractivity contribution in [3.63, 3.8) is 0 Å². The van der Waals surface area contributed by atoms with Gasteiger partial charge in [-0.2, -0.15) is 26.3 Å². The highest BCUT2D eigenvalue weighted by Crippen LogP contribution is 2.42. The summed E-state index contributed by atoms with van der Waals surface area (Å²) in [5, 5.41) is 2.52. The van der Waals surface area contributed by atoms with Crippen LogP contribution in [0.2, 0.25) is 0 Å².